The molecule has 3 aliphatic rings. The number of amides is 1. The summed E-state index contributed by atoms with van der Waals surface area (Å²) in [6.45, 7) is 4.84. The van der Waals surface area contributed by atoms with E-state index in [0.717, 1.165) is 34.1 Å². The van der Waals surface area contributed by atoms with Crippen LogP contribution in [0.25, 0.3) is 5.70 Å². The molecule has 1 fully saturated rings. The molecule has 0 spiro atoms. The Morgan fingerprint density at radius 1 is 1.11 bits per heavy atom. The smallest absolute Gasteiger partial charge is 0.338 e. The van der Waals surface area contributed by atoms with Gasteiger partial charge in [0.1, 0.15) is 0 Å². The Bertz CT molecular complexity index is 1210. The Balaban J connectivity index is 1.58. The van der Waals surface area contributed by atoms with Gasteiger partial charge in [0, 0.05) is 17.8 Å². The molecule has 1 aliphatic carbocycles. The van der Waals surface area contributed by atoms with Crippen LogP contribution in [0.4, 0.5) is 0 Å². The quantitative estimate of drug-likeness (QED) is 0.519. The number of aryl methyl sites for hydroxylation is 1. The predicted octanol–water partition coefficient (Wildman–Crippen LogP) is 5.19. The molecule has 6 nitrogen and oxygen atoms in total. The number of nitrogens with zero attached hydrogens (tertiary/aromatic N) is 2. The van der Waals surface area contributed by atoms with Crippen molar-refractivity contribution in [2.75, 3.05) is 13.2 Å². The standard InChI is InChI=1S/C28H29N3O3S/c1-3-34-27(33)24-25(20-7-5-4-6-8-20)30-28-31(26(24)21-13-9-18(2)10-14-21)22(17-35-28)15-23(32)29-16-19-11-12-19/h4-10,13-14,17,19,26H,3,11-12,15-16H2,1-2H3,(H,29,32)/t26-/m0/s1. The van der Waals surface area contributed by atoms with Gasteiger partial charge in [0.2, 0.25) is 5.91 Å². The summed E-state index contributed by atoms with van der Waals surface area (Å²) in [5.41, 5.74) is 4.87. The maximum atomic E-state index is 13.5. The number of thioether (sulfide) groups is 1. The number of fused-ring (bicyclic) bond motifs is 1. The molecule has 2 aromatic carbocycles. The van der Waals surface area contributed by atoms with E-state index in [9.17, 15) is 9.59 Å². The second-order valence-corrected chi connectivity index (χ2v) is 9.91. The monoisotopic (exact) mass is 487 g/mol. The summed E-state index contributed by atoms with van der Waals surface area (Å²) in [5.74, 6) is 0.211. The highest BCUT2D eigenvalue weighted by atomic mass is 32.2. The SMILES string of the molecule is CCOC(=O)C1=C(c2ccccc2)N=C2SC=C(CC(=O)NCC3CC3)N2[C@H]1c1ccc(C)cc1. The highest BCUT2D eigenvalue weighted by Gasteiger charge is 2.42. The van der Waals surface area contributed by atoms with Crippen LogP contribution in [0, 0.1) is 12.8 Å². The van der Waals surface area contributed by atoms with Crippen LogP contribution in [-0.4, -0.2) is 35.1 Å². The van der Waals surface area contributed by atoms with E-state index in [1.807, 2.05) is 71.8 Å². The summed E-state index contributed by atoms with van der Waals surface area (Å²) in [6, 6.07) is 17.5. The van der Waals surface area contributed by atoms with Crippen LogP contribution in [0.1, 0.15) is 48.9 Å². The first-order chi connectivity index (χ1) is 17.0. The van der Waals surface area contributed by atoms with Gasteiger partial charge in [-0.05, 0) is 43.6 Å². The van der Waals surface area contributed by atoms with E-state index in [0.29, 0.717) is 17.2 Å². The maximum Gasteiger partial charge on any atom is 0.338 e. The largest absolute Gasteiger partial charge is 0.463 e. The van der Waals surface area contributed by atoms with Crippen LogP contribution in [0.5, 0.6) is 0 Å². The number of carbonyl (C=O) groups excluding carboxylic acids is 2. The summed E-state index contributed by atoms with van der Waals surface area (Å²) in [7, 11) is 0. The van der Waals surface area contributed by atoms with E-state index in [1.54, 1.807) is 6.92 Å². The van der Waals surface area contributed by atoms with Crippen molar-refractivity contribution in [3.63, 3.8) is 0 Å². The summed E-state index contributed by atoms with van der Waals surface area (Å²) < 4.78 is 5.55. The molecule has 180 valence electrons. The highest BCUT2D eigenvalue weighted by molar-refractivity contribution is 8.16. The number of nitrogens with one attached hydrogen (secondary N) is 1. The number of aliphatic imine (C=N–C) groups is 1. The van der Waals surface area contributed by atoms with Gasteiger partial charge < -0.3 is 15.0 Å². The van der Waals surface area contributed by atoms with Gasteiger partial charge in [-0.15, -0.1) is 0 Å². The second kappa shape index (κ2) is 10.1. The number of amidine groups is 1. The normalized spacial score (nSPS) is 19.1. The Morgan fingerprint density at radius 3 is 2.54 bits per heavy atom. The fourth-order valence-corrected chi connectivity index (χ4v) is 5.28. The summed E-state index contributed by atoms with van der Waals surface area (Å²) >= 11 is 1.49. The molecule has 1 saturated carbocycles. The molecule has 7 heteroatoms. The molecule has 0 radical (unpaired) electrons. The second-order valence-electron chi connectivity index (χ2n) is 9.08. The molecule has 2 heterocycles. The number of ether oxygens (including phenoxy) is 1. The van der Waals surface area contributed by atoms with Gasteiger partial charge >= 0.3 is 5.97 Å². The van der Waals surface area contributed by atoms with Crippen LogP contribution >= 0.6 is 11.8 Å². The first-order valence-corrected chi connectivity index (χ1v) is 13.0. The van der Waals surface area contributed by atoms with Crippen molar-refractivity contribution >= 4 is 34.5 Å². The number of hydrogen-bond acceptors (Lipinski definition) is 6. The van der Waals surface area contributed by atoms with Gasteiger partial charge in [-0.3, -0.25) is 4.79 Å². The molecule has 1 N–H and O–H groups in total. The van der Waals surface area contributed by atoms with Crippen molar-refractivity contribution in [1.29, 1.82) is 0 Å². The summed E-state index contributed by atoms with van der Waals surface area (Å²) in [6.07, 6.45) is 2.61. The number of hydrogen-bond donors (Lipinski definition) is 1. The fraction of sp³-hybridized carbons (Fsp3) is 0.321. The number of carbonyl (C=O) groups is 2. The summed E-state index contributed by atoms with van der Waals surface area (Å²) in [4.78, 5) is 33.2. The highest BCUT2D eigenvalue weighted by Crippen LogP contribution is 2.47. The van der Waals surface area contributed by atoms with Crippen LogP contribution in [0.3, 0.4) is 0 Å². The molecule has 1 amide bonds. The minimum Gasteiger partial charge on any atom is -0.463 e. The average Bonchev–Trinajstić information content (AvgIpc) is 3.62. The van der Waals surface area contributed by atoms with Crippen molar-refractivity contribution in [2.45, 2.75) is 39.2 Å². The average molecular weight is 488 g/mol. The maximum absolute atomic E-state index is 13.5. The fourth-order valence-electron chi connectivity index (χ4n) is 4.36. The molecule has 1 atom stereocenters. The first-order valence-electron chi connectivity index (χ1n) is 12.1. The molecule has 5 rings (SSSR count). The predicted molar refractivity (Wildman–Crippen MR) is 139 cm³/mol. The summed E-state index contributed by atoms with van der Waals surface area (Å²) in [5, 5.41) is 5.80. The molecule has 0 aromatic heterocycles. The third-order valence-corrected chi connectivity index (χ3v) is 7.26. The van der Waals surface area contributed by atoms with Gasteiger partial charge in [0.15, 0.2) is 5.17 Å². The van der Waals surface area contributed by atoms with Crippen LogP contribution in [0.2, 0.25) is 0 Å². The van der Waals surface area contributed by atoms with E-state index < -0.39 is 12.0 Å². The van der Waals surface area contributed by atoms with Gasteiger partial charge in [-0.25, -0.2) is 9.79 Å². The van der Waals surface area contributed by atoms with Crippen LogP contribution in [0.15, 0.2) is 76.3 Å². The third kappa shape index (κ3) is 5.05. The Kier molecular flexibility index (Phi) is 6.77. The van der Waals surface area contributed by atoms with Crippen molar-refractivity contribution in [1.82, 2.24) is 10.2 Å². The molecule has 0 bridgehead atoms. The molecule has 0 saturated heterocycles. The van der Waals surface area contributed by atoms with E-state index in [2.05, 4.69) is 5.32 Å². The van der Waals surface area contributed by atoms with Gasteiger partial charge in [-0.2, -0.15) is 0 Å². The lowest BCUT2D eigenvalue weighted by atomic mass is 9.91. The Morgan fingerprint density at radius 2 is 1.86 bits per heavy atom. The molecule has 0 unspecified atom stereocenters. The third-order valence-electron chi connectivity index (χ3n) is 6.37. The van der Waals surface area contributed by atoms with Crippen molar-refractivity contribution in [3.8, 4) is 0 Å². The van der Waals surface area contributed by atoms with E-state index >= 15 is 0 Å². The lowest BCUT2D eigenvalue weighted by molar-refractivity contribution is -0.139. The minimum absolute atomic E-state index is 0.0109. The lowest BCUT2D eigenvalue weighted by Crippen LogP contribution is -2.38. The van der Waals surface area contributed by atoms with Crippen LogP contribution in [-0.2, 0) is 14.3 Å². The van der Waals surface area contributed by atoms with Crippen molar-refractivity contribution in [3.05, 3.63) is 88.0 Å². The zero-order valence-corrected chi connectivity index (χ0v) is 20.8. The Hall–Kier alpha value is -3.32. The molecule has 2 aromatic rings. The first kappa shape index (κ1) is 23.4. The number of rotatable bonds is 8. The number of esters is 1. The van der Waals surface area contributed by atoms with E-state index in [1.165, 1.54) is 24.6 Å². The van der Waals surface area contributed by atoms with E-state index in [4.69, 9.17) is 9.73 Å². The molecule has 35 heavy (non-hydrogen) atoms. The topological polar surface area (TPSA) is 71.0 Å². The zero-order valence-electron chi connectivity index (χ0n) is 20.0. The van der Waals surface area contributed by atoms with Gasteiger partial charge in [0.05, 0.1) is 30.3 Å². The van der Waals surface area contributed by atoms with E-state index in [-0.39, 0.29) is 18.9 Å². The molecule has 2 aliphatic heterocycles. The number of benzene rings is 2. The van der Waals surface area contributed by atoms with Gasteiger partial charge in [-0.1, -0.05) is 71.9 Å². The van der Waals surface area contributed by atoms with Crippen LogP contribution < -0.4 is 5.32 Å². The molecular weight excluding hydrogens is 458 g/mol. The van der Waals surface area contributed by atoms with Crippen molar-refractivity contribution in [2.24, 2.45) is 10.9 Å². The molecular formula is C28H29N3O3S. The Labute approximate surface area is 210 Å². The zero-order chi connectivity index (χ0) is 24.4. The van der Waals surface area contributed by atoms with Crippen molar-refractivity contribution < 1.29 is 14.3 Å². The lowest BCUT2D eigenvalue weighted by Gasteiger charge is -2.36. The van der Waals surface area contributed by atoms with Gasteiger partial charge in [0.25, 0.3) is 0 Å². The minimum atomic E-state index is -0.449.